The lowest BCUT2D eigenvalue weighted by Crippen LogP contribution is -2.36. The van der Waals surface area contributed by atoms with Gasteiger partial charge in [-0.25, -0.2) is 0 Å². The summed E-state index contributed by atoms with van der Waals surface area (Å²) in [6.45, 7) is -0.161. The number of ether oxygens (including phenoxy) is 1. The maximum absolute atomic E-state index is 12.2. The van der Waals surface area contributed by atoms with E-state index in [1.807, 2.05) is 0 Å². The van der Waals surface area contributed by atoms with Gasteiger partial charge < -0.3 is 15.2 Å². The normalized spacial score (nSPS) is 18.5. The minimum Gasteiger partial charge on any atom is -0.406 e. The first-order valence-corrected chi connectivity index (χ1v) is 7.20. The second-order valence-electron chi connectivity index (χ2n) is 5.36. The van der Waals surface area contributed by atoms with Gasteiger partial charge in [0.25, 0.3) is 0 Å². The average molecular weight is 303 g/mol. The van der Waals surface area contributed by atoms with Crippen molar-refractivity contribution in [2.24, 2.45) is 0 Å². The zero-order valence-corrected chi connectivity index (χ0v) is 11.7. The van der Waals surface area contributed by atoms with Crippen LogP contribution in [0.2, 0.25) is 0 Å². The van der Waals surface area contributed by atoms with Crippen molar-refractivity contribution in [2.45, 2.75) is 50.6 Å². The molecule has 0 spiro atoms. The first-order valence-electron chi connectivity index (χ1n) is 7.20. The van der Waals surface area contributed by atoms with E-state index < -0.39 is 6.36 Å². The highest BCUT2D eigenvalue weighted by molar-refractivity contribution is 5.31. The van der Waals surface area contributed by atoms with Gasteiger partial charge in [0.1, 0.15) is 5.75 Å². The Balaban J connectivity index is 2.04. The molecule has 0 amide bonds. The number of aliphatic hydroxyl groups excluding tert-OH is 1. The zero-order valence-electron chi connectivity index (χ0n) is 11.7. The lowest BCUT2D eigenvalue weighted by Gasteiger charge is -2.28. The van der Waals surface area contributed by atoms with Gasteiger partial charge in [0, 0.05) is 6.04 Å². The number of hydrogen-bond acceptors (Lipinski definition) is 3. The van der Waals surface area contributed by atoms with Crippen LogP contribution in [0, 0.1) is 0 Å². The molecule has 1 unspecified atom stereocenters. The Morgan fingerprint density at radius 2 is 1.95 bits per heavy atom. The van der Waals surface area contributed by atoms with Gasteiger partial charge in [-0.1, -0.05) is 31.4 Å². The van der Waals surface area contributed by atoms with E-state index in [1.165, 1.54) is 24.6 Å². The summed E-state index contributed by atoms with van der Waals surface area (Å²) in [5.41, 5.74) is 0.602. The van der Waals surface area contributed by atoms with Crippen LogP contribution >= 0.6 is 0 Å². The molecule has 0 aliphatic heterocycles. The summed E-state index contributed by atoms with van der Waals surface area (Å²) in [6, 6.07) is 5.71. The van der Waals surface area contributed by atoms with E-state index >= 15 is 0 Å². The van der Waals surface area contributed by atoms with Crippen molar-refractivity contribution < 1.29 is 23.0 Å². The highest BCUT2D eigenvalue weighted by Gasteiger charge is 2.31. The second kappa shape index (κ2) is 7.13. The van der Waals surface area contributed by atoms with E-state index in [4.69, 9.17) is 0 Å². The lowest BCUT2D eigenvalue weighted by molar-refractivity contribution is -0.274. The van der Waals surface area contributed by atoms with Crippen LogP contribution in [0.4, 0.5) is 13.2 Å². The summed E-state index contributed by atoms with van der Waals surface area (Å²) < 4.78 is 40.6. The maximum atomic E-state index is 12.2. The molecule has 0 radical (unpaired) electrons. The van der Waals surface area contributed by atoms with E-state index in [0.717, 1.165) is 25.7 Å². The van der Waals surface area contributed by atoms with Gasteiger partial charge >= 0.3 is 6.36 Å². The molecule has 1 fully saturated rings. The standard InChI is InChI=1S/C15H20F3NO2/c16-15(17,18)21-13-8-4-5-11(9-13)14(10-20)19-12-6-2-1-3-7-12/h4-5,8-9,12,14,19-20H,1-3,6-7,10H2. The number of alkyl halides is 3. The summed E-state index contributed by atoms with van der Waals surface area (Å²) in [5.74, 6) is -0.260. The Morgan fingerprint density at radius 1 is 1.24 bits per heavy atom. The third-order valence-electron chi connectivity index (χ3n) is 3.72. The van der Waals surface area contributed by atoms with Gasteiger partial charge in [-0.3, -0.25) is 0 Å². The van der Waals surface area contributed by atoms with Crippen molar-refractivity contribution in [1.29, 1.82) is 0 Å². The summed E-state index contributed by atoms with van der Waals surface area (Å²) in [5, 5.41) is 12.8. The lowest BCUT2D eigenvalue weighted by atomic mass is 9.94. The molecule has 1 aromatic carbocycles. The molecule has 21 heavy (non-hydrogen) atoms. The molecule has 6 heteroatoms. The summed E-state index contributed by atoms with van der Waals surface area (Å²) in [7, 11) is 0. The van der Waals surface area contributed by atoms with Crippen molar-refractivity contribution in [3.05, 3.63) is 29.8 Å². The fourth-order valence-corrected chi connectivity index (χ4v) is 2.74. The van der Waals surface area contributed by atoms with E-state index in [1.54, 1.807) is 6.07 Å². The summed E-state index contributed by atoms with van der Waals surface area (Å²) >= 11 is 0. The third-order valence-corrected chi connectivity index (χ3v) is 3.72. The fourth-order valence-electron chi connectivity index (χ4n) is 2.74. The number of aliphatic hydroxyl groups is 1. The zero-order chi connectivity index (χ0) is 15.3. The molecule has 3 nitrogen and oxygen atoms in total. The molecule has 0 bridgehead atoms. The molecule has 2 N–H and O–H groups in total. The molecule has 1 aliphatic carbocycles. The maximum Gasteiger partial charge on any atom is 0.573 e. The van der Waals surface area contributed by atoms with Crippen LogP contribution < -0.4 is 10.1 Å². The highest BCUT2D eigenvalue weighted by atomic mass is 19.4. The molecule has 1 aromatic rings. The largest absolute Gasteiger partial charge is 0.573 e. The van der Waals surface area contributed by atoms with Crippen LogP contribution in [0.15, 0.2) is 24.3 Å². The fraction of sp³-hybridized carbons (Fsp3) is 0.600. The van der Waals surface area contributed by atoms with Gasteiger partial charge in [-0.2, -0.15) is 0 Å². The van der Waals surface area contributed by atoms with Crippen molar-refractivity contribution in [3.63, 3.8) is 0 Å². The first kappa shape index (κ1) is 16.1. The van der Waals surface area contributed by atoms with Crippen molar-refractivity contribution >= 4 is 0 Å². The molecule has 0 aromatic heterocycles. The molecule has 1 saturated carbocycles. The predicted octanol–water partition coefficient (Wildman–Crippen LogP) is 3.54. The topological polar surface area (TPSA) is 41.5 Å². The smallest absolute Gasteiger partial charge is 0.406 e. The second-order valence-corrected chi connectivity index (χ2v) is 5.36. The van der Waals surface area contributed by atoms with Crippen LogP contribution in [0.5, 0.6) is 5.75 Å². The van der Waals surface area contributed by atoms with Gasteiger partial charge in [-0.05, 0) is 30.5 Å². The van der Waals surface area contributed by atoms with E-state index in [9.17, 15) is 18.3 Å². The highest BCUT2D eigenvalue weighted by Crippen LogP contribution is 2.27. The monoisotopic (exact) mass is 303 g/mol. The van der Waals surface area contributed by atoms with Crippen LogP contribution in [0.25, 0.3) is 0 Å². The van der Waals surface area contributed by atoms with Gasteiger partial charge in [0.15, 0.2) is 0 Å². The minimum absolute atomic E-state index is 0.161. The number of rotatable bonds is 5. The van der Waals surface area contributed by atoms with Crippen molar-refractivity contribution in [3.8, 4) is 5.75 Å². The minimum atomic E-state index is -4.70. The van der Waals surface area contributed by atoms with E-state index in [2.05, 4.69) is 10.1 Å². The Labute approximate surface area is 122 Å². The van der Waals surface area contributed by atoms with Gasteiger partial charge in [0.05, 0.1) is 12.6 Å². The van der Waals surface area contributed by atoms with Crippen LogP contribution in [-0.4, -0.2) is 24.1 Å². The number of nitrogens with one attached hydrogen (secondary N) is 1. The molecule has 0 saturated heterocycles. The number of benzene rings is 1. The van der Waals surface area contributed by atoms with Gasteiger partial charge in [0.2, 0.25) is 0 Å². The van der Waals surface area contributed by atoms with Crippen molar-refractivity contribution in [1.82, 2.24) is 5.32 Å². The van der Waals surface area contributed by atoms with Gasteiger partial charge in [-0.15, -0.1) is 13.2 Å². The predicted molar refractivity (Wildman–Crippen MR) is 73.0 cm³/mol. The summed E-state index contributed by atoms with van der Waals surface area (Å²) in [6.07, 6.45) is 0.881. The van der Waals surface area contributed by atoms with E-state index in [0.29, 0.717) is 11.6 Å². The molecular formula is C15H20F3NO2. The third kappa shape index (κ3) is 5.21. The number of halogens is 3. The Kier molecular flexibility index (Phi) is 5.47. The van der Waals surface area contributed by atoms with Crippen molar-refractivity contribution in [2.75, 3.05) is 6.61 Å². The Hall–Kier alpha value is -1.27. The molecule has 118 valence electrons. The molecule has 0 heterocycles. The molecule has 2 rings (SSSR count). The molecule has 1 aliphatic rings. The Morgan fingerprint density at radius 3 is 2.57 bits per heavy atom. The average Bonchev–Trinajstić information content (AvgIpc) is 2.44. The quantitative estimate of drug-likeness (QED) is 0.874. The van der Waals surface area contributed by atoms with Crippen LogP contribution in [0.1, 0.15) is 43.7 Å². The van der Waals surface area contributed by atoms with Crippen LogP contribution in [-0.2, 0) is 0 Å². The molecule has 1 atom stereocenters. The first-order chi connectivity index (χ1) is 9.98. The number of hydrogen-bond donors (Lipinski definition) is 2. The SMILES string of the molecule is OCC(NC1CCCCC1)c1cccc(OC(F)(F)F)c1. The Bertz CT molecular complexity index is 445. The summed E-state index contributed by atoms with van der Waals surface area (Å²) in [4.78, 5) is 0. The van der Waals surface area contributed by atoms with E-state index in [-0.39, 0.29) is 18.4 Å². The molecular weight excluding hydrogens is 283 g/mol. The van der Waals surface area contributed by atoms with Crippen LogP contribution in [0.3, 0.4) is 0 Å².